The van der Waals surface area contributed by atoms with E-state index in [2.05, 4.69) is 0 Å². The maximum atomic E-state index is 11.7. The molecule has 3 nitrogen and oxygen atoms in total. The number of carbonyl (C=O) groups excluding carboxylic acids is 2. The molecule has 19 heavy (non-hydrogen) atoms. The van der Waals surface area contributed by atoms with E-state index < -0.39 is 0 Å². The van der Waals surface area contributed by atoms with Gasteiger partial charge < -0.3 is 4.90 Å². The van der Waals surface area contributed by atoms with Gasteiger partial charge in [0.25, 0.3) is 0 Å². The molecular formula is C16H23NO2. The number of benzene rings is 1. The van der Waals surface area contributed by atoms with Crippen LogP contribution in [0.2, 0.25) is 0 Å². The molecule has 0 aliphatic rings. The van der Waals surface area contributed by atoms with Crippen molar-refractivity contribution in [1.82, 2.24) is 4.90 Å². The van der Waals surface area contributed by atoms with Gasteiger partial charge >= 0.3 is 0 Å². The second-order valence-electron chi connectivity index (χ2n) is 5.02. The number of hydrogen-bond donors (Lipinski definition) is 0. The summed E-state index contributed by atoms with van der Waals surface area (Å²) in [5.41, 5.74) is 1.21. The van der Waals surface area contributed by atoms with Gasteiger partial charge in [-0.05, 0) is 24.8 Å². The van der Waals surface area contributed by atoms with Crippen LogP contribution in [0.15, 0.2) is 30.3 Å². The van der Waals surface area contributed by atoms with Crippen molar-refractivity contribution in [3.05, 3.63) is 35.9 Å². The zero-order chi connectivity index (χ0) is 14.1. The smallest absolute Gasteiger partial charge is 0.222 e. The predicted octanol–water partition coefficient (Wildman–Crippen LogP) is 2.84. The van der Waals surface area contributed by atoms with E-state index in [4.69, 9.17) is 0 Å². The number of carbonyl (C=O) groups is 2. The van der Waals surface area contributed by atoms with Crippen LogP contribution in [0.4, 0.5) is 0 Å². The lowest BCUT2D eigenvalue weighted by Gasteiger charge is -2.09. The summed E-state index contributed by atoms with van der Waals surface area (Å²) in [6, 6.07) is 10.1. The Hall–Kier alpha value is -1.64. The highest BCUT2D eigenvalue weighted by atomic mass is 16.2. The fourth-order valence-corrected chi connectivity index (χ4v) is 1.88. The molecule has 0 fully saturated rings. The molecule has 0 aromatic heterocycles. The summed E-state index contributed by atoms with van der Waals surface area (Å²) in [6.07, 6.45) is 4.16. The first kappa shape index (κ1) is 15.4. The van der Waals surface area contributed by atoms with Crippen molar-refractivity contribution in [2.75, 3.05) is 14.1 Å². The van der Waals surface area contributed by atoms with E-state index in [1.807, 2.05) is 30.3 Å². The number of ketones is 1. The van der Waals surface area contributed by atoms with Gasteiger partial charge in [-0.1, -0.05) is 30.3 Å². The van der Waals surface area contributed by atoms with Gasteiger partial charge in [0.1, 0.15) is 5.78 Å². The molecule has 1 amide bonds. The summed E-state index contributed by atoms with van der Waals surface area (Å²) in [7, 11) is 3.51. The first-order chi connectivity index (χ1) is 9.09. The first-order valence-electron chi connectivity index (χ1n) is 6.85. The van der Waals surface area contributed by atoms with Crippen LogP contribution in [0.5, 0.6) is 0 Å². The molecule has 1 rings (SSSR count). The molecule has 0 aliphatic carbocycles. The zero-order valence-corrected chi connectivity index (χ0v) is 11.9. The van der Waals surface area contributed by atoms with Crippen molar-refractivity contribution < 1.29 is 9.59 Å². The Labute approximate surface area is 115 Å². The Bertz CT molecular complexity index is 398. The molecule has 0 unspecified atom stereocenters. The Balaban J connectivity index is 2.10. The topological polar surface area (TPSA) is 37.4 Å². The maximum Gasteiger partial charge on any atom is 0.222 e. The maximum absolute atomic E-state index is 11.7. The number of rotatable bonds is 8. The molecule has 0 bridgehead atoms. The lowest BCUT2D eigenvalue weighted by atomic mass is 10.0. The number of nitrogens with zero attached hydrogens (tertiary/aromatic N) is 1. The van der Waals surface area contributed by atoms with Gasteiger partial charge in [0.15, 0.2) is 0 Å². The van der Waals surface area contributed by atoms with Crippen LogP contribution in [0.25, 0.3) is 0 Å². The number of amides is 1. The van der Waals surface area contributed by atoms with Crippen molar-refractivity contribution in [2.45, 2.75) is 38.5 Å². The Morgan fingerprint density at radius 2 is 1.58 bits per heavy atom. The number of unbranched alkanes of at least 4 members (excludes halogenated alkanes) is 1. The van der Waals surface area contributed by atoms with Crippen molar-refractivity contribution >= 4 is 11.7 Å². The van der Waals surface area contributed by atoms with Crippen molar-refractivity contribution in [3.63, 3.8) is 0 Å². The van der Waals surface area contributed by atoms with Crippen LogP contribution in [-0.4, -0.2) is 30.7 Å². The SMILES string of the molecule is CN(C)C(=O)CCCCC(=O)CCc1ccccc1. The minimum absolute atomic E-state index is 0.136. The molecule has 0 spiro atoms. The van der Waals surface area contributed by atoms with Gasteiger partial charge in [0.05, 0.1) is 0 Å². The Morgan fingerprint density at radius 1 is 0.947 bits per heavy atom. The van der Waals surface area contributed by atoms with E-state index in [0.717, 1.165) is 19.3 Å². The highest BCUT2D eigenvalue weighted by Gasteiger charge is 2.06. The van der Waals surface area contributed by atoms with E-state index in [9.17, 15) is 9.59 Å². The Kier molecular flexibility index (Phi) is 6.86. The van der Waals surface area contributed by atoms with Crippen molar-refractivity contribution in [3.8, 4) is 0 Å². The van der Waals surface area contributed by atoms with E-state index >= 15 is 0 Å². The van der Waals surface area contributed by atoms with Gasteiger partial charge in [-0.2, -0.15) is 0 Å². The minimum Gasteiger partial charge on any atom is -0.349 e. The summed E-state index contributed by atoms with van der Waals surface area (Å²) >= 11 is 0. The third-order valence-corrected chi connectivity index (χ3v) is 3.13. The molecule has 0 saturated carbocycles. The van der Waals surface area contributed by atoms with Gasteiger partial charge in [-0.25, -0.2) is 0 Å². The third kappa shape index (κ3) is 6.75. The molecule has 0 radical (unpaired) electrons. The molecular weight excluding hydrogens is 238 g/mol. The van der Waals surface area contributed by atoms with Crippen LogP contribution in [0, 0.1) is 0 Å². The molecule has 1 aromatic carbocycles. The van der Waals surface area contributed by atoms with Gasteiger partial charge in [0.2, 0.25) is 5.91 Å². The van der Waals surface area contributed by atoms with Crippen LogP contribution < -0.4 is 0 Å². The molecule has 104 valence electrons. The van der Waals surface area contributed by atoms with E-state index in [-0.39, 0.29) is 5.91 Å². The van der Waals surface area contributed by atoms with Crippen molar-refractivity contribution in [1.29, 1.82) is 0 Å². The largest absolute Gasteiger partial charge is 0.349 e. The van der Waals surface area contributed by atoms with Gasteiger partial charge in [-0.15, -0.1) is 0 Å². The lowest BCUT2D eigenvalue weighted by Crippen LogP contribution is -2.21. The summed E-state index contributed by atoms with van der Waals surface area (Å²) in [5, 5.41) is 0. The number of Topliss-reactive ketones (excluding diaryl/α,β-unsaturated/α-hetero) is 1. The molecule has 0 saturated heterocycles. The minimum atomic E-state index is 0.136. The highest BCUT2D eigenvalue weighted by molar-refractivity contribution is 5.79. The van der Waals surface area contributed by atoms with E-state index in [1.165, 1.54) is 5.56 Å². The predicted molar refractivity (Wildman–Crippen MR) is 76.9 cm³/mol. The quantitative estimate of drug-likeness (QED) is 0.675. The Morgan fingerprint density at radius 3 is 2.21 bits per heavy atom. The van der Waals surface area contributed by atoms with Crippen LogP contribution in [0.3, 0.4) is 0 Å². The summed E-state index contributed by atoms with van der Waals surface area (Å²) in [4.78, 5) is 24.6. The molecule has 1 aromatic rings. The molecule has 0 aliphatic heterocycles. The monoisotopic (exact) mass is 261 g/mol. The number of hydrogen-bond acceptors (Lipinski definition) is 2. The summed E-state index contributed by atoms with van der Waals surface area (Å²) < 4.78 is 0. The average Bonchev–Trinajstić information content (AvgIpc) is 2.42. The zero-order valence-electron chi connectivity index (χ0n) is 11.9. The fourth-order valence-electron chi connectivity index (χ4n) is 1.88. The standard InChI is InChI=1S/C16H23NO2/c1-17(2)16(19)11-7-6-10-15(18)13-12-14-8-4-3-5-9-14/h3-5,8-9H,6-7,10-13H2,1-2H3. The van der Waals surface area contributed by atoms with Crippen LogP contribution in [0.1, 0.15) is 37.7 Å². The van der Waals surface area contributed by atoms with E-state index in [0.29, 0.717) is 25.0 Å². The highest BCUT2D eigenvalue weighted by Crippen LogP contribution is 2.07. The van der Waals surface area contributed by atoms with Gasteiger partial charge in [0, 0.05) is 33.4 Å². The molecule has 3 heteroatoms. The summed E-state index contributed by atoms with van der Waals surface area (Å²) in [6.45, 7) is 0. The molecule has 0 heterocycles. The second kappa shape index (κ2) is 8.46. The lowest BCUT2D eigenvalue weighted by molar-refractivity contribution is -0.129. The van der Waals surface area contributed by atoms with Gasteiger partial charge in [-0.3, -0.25) is 9.59 Å². The normalized spacial score (nSPS) is 10.2. The van der Waals surface area contributed by atoms with Crippen LogP contribution >= 0.6 is 0 Å². The number of aryl methyl sites for hydroxylation is 1. The van der Waals surface area contributed by atoms with E-state index in [1.54, 1.807) is 19.0 Å². The summed E-state index contributed by atoms with van der Waals surface area (Å²) in [5.74, 6) is 0.429. The first-order valence-corrected chi connectivity index (χ1v) is 6.85. The average molecular weight is 261 g/mol. The van der Waals surface area contributed by atoms with Crippen LogP contribution in [-0.2, 0) is 16.0 Å². The van der Waals surface area contributed by atoms with Crippen molar-refractivity contribution in [2.24, 2.45) is 0 Å². The third-order valence-electron chi connectivity index (χ3n) is 3.13. The fraction of sp³-hybridized carbons (Fsp3) is 0.500. The molecule has 0 N–H and O–H groups in total. The molecule has 0 atom stereocenters. The second-order valence-corrected chi connectivity index (χ2v) is 5.02.